The van der Waals surface area contributed by atoms with Gasteiger partial charge < -0.3 is 5.32 Å². The molecule has 0 unspecified atom stereocenters. The van der Waals surface area contributed by atoms with Gasteiger partial charge >= 0.3 is 0 Å². The number of hydrogen-bond acceptors (Lipinski definition) is 4. The molecule has 7 heteroatoms. The van der Waals surface area contributed by atoms with Crippen LogP contribution in [-0.2, 0) is 16.6 Å². The molecule has 0 fully saturated rings. The molecule has 1 heterocycles. The normalized spacial score (nSPS) is 12.6. The standard InChI is InChI=1S/C13H26N4O2S/c1-7-16(6)20(18,19)13-11(4)15-17(12(13)5)9-8-14-10(2)3/h10,14H,7-9H2,1-6H3. The summed E-state index contributed by atoms with van der Waals surface area (Å²) < 4.78 is 28.0. The van der Waals surface area contributed by atoms with E-state index in [2.05, 4.69) is 24.3 Å². The van der Waals surface area contributed by atoms with E-state index in [0.717, 1.165) is 6.54 Å². The summed E-state index contributed by atoms with van der Waals surface area (Å²) >= 11 is 0. The zero-order valence-electron chi connectivity index (χ0n) is 13.3. The summed E-state index contributed by atoms with van der Waals surface area (Å²) in [6.07, 6.45) is 0. The van der Waals surface area contributed by atoms with E-state index in [-0.39, 0.29) is 0 Å². The molecule has 116 valence electrons. The minimum Gasteiger partial charge on any atom is -0.313 e. The number of sulfonamides is 1. The molecule has 1 aromatic heterocycles. The first-order valence-electron chi connectivity index (χ1n) is 6.95. The van der Waals surface area contributed by atoms with E-state index in [9.17, 15) is 8.42 Å². The van der Waals surface area contributed by atoms with Crippen LogP contribution >= 0.6 is 0 Å². The van der Waals surface area contributed by atoms with Gasteiger partial charge in [-0.05, 0) is 13.8 Å². The van der Waals surface area contributed by atoms with Crippen molar-refractivity contribution in [3.05, 3.63) is 11.4 Å². The highest BCUT2D eigenvalue weighted by Gasteiger charge is 2.27. The summed E-state index contributed by atoms with van der Waals surface area (Å²) in [6, 6.07) is 0.404. The smallest absolute Gasteiger partial charge is 0.246 e. The Morgan fingerprint density at radius 3 is 2.45 bits per heavy atom. The predicted octanol–water partition coefficient (Wildman–Crippen LogP) is 1.14. The van der Waals surface area contributed by atoms with E-state index < -0.39 is 10.0 Å². The maximum atomic E-state index is 12.5. The minimum absolute atomic E-state index is 0.339. The summed E-state index contributed by atoms with van der Waals surface area (Å²) in [5.41, 5.74) is 1.26. The van der Waals surface area contributed by atoms with Crippen molar-refractivity contribution in [3.63, 3.8) is 0 Å². The SMILES string of the molecule is CCN(C)S(=O)(=O)c1c(C)nn(CCNC(C)C)c1C. The molecule has 20 heavy (non-hydrogen) atoms. The molecule has 0 saturated heterocycles. The average molecular weight is 302 g/mol. The highest BCUT2D eigenvalue weighted by Crippen LogP contribution is 2.22. The van der Waals surface area contributed by atoms with E-state index in [1.54, 1.807) is 18.7 Å². The maximum absolute atomic E-state index is 12.5. The lowest BCUT2D eigenvalue weighted by Gasteiger charge is -2.15. The first-order chi connectivity index (χ1) is 9.21. The van der Waals surface area contributed by atoms with Crippen molar-refractivity contribution in [2.45, 2.75) is 52.1 Å². The highest BCUT2D eigenvalue weighted by molar-refractivity contribution is 7.89. The summed E-state index contributed by atoms with van der Waals surface area (Å²) in [5, 5.41) is 7.66. The number of aryl methyl sites for hydroxylation is 1. The highest BCUT2D eigenvalue weighted by atomic mass is 32.2. The third-order valence-electron chi connectivity index (χ3n) is 3.30. The zero-order chi connectivity index (χ0) is 15.5. The van der Waals surface area contributed by atoms with Gasteiger partial charge in [-0.2, -0.15) is 5.10 Å². The molecule has 0 saturated carbocycles. The Morgan fingerprint density at radius 2 is 1.95 bits per heavy atom. The molecule has 0 aromatic carbocycles. The minimum atomic E-state index is -3.44. The lowest BCUT2D eigenvalue weighted by atomic mass is 10.4. The van der Waals surface area contributed by atoms with Gasteiger partial charge in [0.25, 0.3) is 0 Å². The Labute approximate surface area is 122 Å². The van der Waals surface area contributed by atoms with Crippen LogP contribution in [0, 0.1) is 13.8 Å². The Hall–Kier alpha value is -0.920. The second-order valence-electron chi connectivity index (χ2n) is 5.25. The van der Waals surface area contributed by atoms with Crippen LogP contribution in [0.1, 0.15) is 32.2 Å². The van der Waals surface area contributed by atoms with Crippen LogP contribution in [0.2, 0.25) is 0 Å². The largest absolute Gasteiger partial charge is 0.313 e. The number of nitrogens with zero attached hydrogens (tertiary/aromatic N) is 3. The topological polar surface area (TPSA) is 67.2 Å². The Kier molecular flexibility index (Phi) is 5.73. The van der Waals surface area contributed by atoms with Crippen LogP contribution in [0.4, 0.5) is 0 Å². The molecule has 0 radical (unpaired) electrons. The number of nitrogens with one attached hydrogen (secondary N) is 1. The van der Waals surface area contributed by atoms with Gasteiger partial charge in [0, 0.05) is 26.2 Å². The molecule has 0 atom stereocenters. The third kappa shape index (κ3) is 3.59. The molecule has 0 bridgehead atoms. The van der Waals surface area contributed by atoms with Crippen LogP contribution in [0.15, 0.2) is 4.90 Å². The predicted molar refractivity (Wildman–Crippen MR) is 80.3 cm³/mol. The fraction of sp³-hybridized carbons (Fsp3) is 0.769. The molecule has 0 spiro atoms. The average Bonchev–Trinajstić information content (AvgIpc) is 2.63. The monoisotopic (exact) mass is 302 g/mol. The van der Waals surface area contributed by atoms with Crippen LogP contribution in [-0.4, -0.2) is 48.7 Å². The molecule has 0 amide bonds. The molecule has 1 aromatic rings. The van der Waals surface area contributed by atoms with Crippen LogP contribution in [0.3, 0.4) is 0 Å². The van der Waals surface area contributed by atoms with Crippen molar-refractivity contribution in [2.24, 2.45) is 0 Å². The summed E-state index contributed by atoms with van der Waals surface area (Å²) in [4.78, 5) is 0.339. The molecule has 1 rings (SSSR count). The van der Waals surface area contributed by atoms with Crippen molar-refractivity contribution in [3.8, 4) is 0 Å². The molecule has 0 aliphatic rings. The summed E-state index contributed by atoms with van der Waals surface area (Å²) in [5.74, 6) is 0. The van der Waals surface area contributed by atoms with Gasteiger partial charge in [0.15, 0.2) is 0 Å². The Balaban J connectivity index is 3.04. The summed E-state index contributed by atoms with van der Waals surface area (Å²) in [7, 11) is -1.85. The summed E-state index contributed by atoms with van der Waals surface area (Å²) in [6.45, 7) is 11.4. The van der Waals surface area contributed by atoms with Crippen molar-refractivity contribution < 1.29 is 8.42 Å². The fourth-order valence-electron chi connectivity index (χ4n) is 2.06. The first kappa shape index (κ1) is 17.1. The molecule has 0 aliphatic heterocycles. The van der Waals surface area contributed by atoms with Crippen molar-refractivity contribution in [1.82, 2.24) is 19.4 Å². The van der Waals surface area contributed by atoms with Gasteiger partial charge in [-0.25, -0.2) is 12.7 Å². The lowest BCUT2D eigenvalue weighted by Crippen LogP contribution is -2.28. The van der Waals surface area contributed by atoms with Crippen LogP contribution in [0.25, 0.3) is 0 Å². The van der Waals surface area contributed by atoms with Crippen molar-refractivity contribution in [2.75, 3.05) is 20.1 Å². The lowest BCUT2D eigenvalue weighted by molar-refractivity contribution is 0.483. The quantitative estimate of drug-likeness (QED) is 0.820. The van der Waals surface area contributed by atoms with E-state index in [4.69, 9.17) is 0 Å². The second kappa shape index (κ2) is 6.69. The van der Waals surface area contributed by atoms with E-state index in [1.165, 1.54) is 4.31 Å². The maximum Gasteiger partial charge on any atom is 0.246 e. The third-order valence-corrected chi connectivity index (χ3v) is 5.49. The van der Waals surface area contributed by atoms with Gasteiger partial charge in [0.05, 0.1) is 17.9 Å². The second-order valence-corrected chi connectivity index (χ2v) is 7.23. The molecule has 6 nitrogen and oxygen atoms in total. The van der Waals surface area contributed by atoms with Gasteiger partial charge in [-0.1, -0.05) is 20.8 Å². The molecule has 1 N–H and O–H groups in total. The van der Waals surface area contributed by atoms with Crippen LogP contribution < -0.4 is 5.32 Å². The molecule has 0 aliphatic carbocycles. The van der Waals surface area contributed by atoms with Crippen LogP contribution in [0.5, 0.6) is 0 Å². The van der Waals surface area contributed by atoms with Crippen molar-refractivity contribution in [1.29, 1.82) is 0 Å². The van der Waals surface area contributed by atoms with E-state index in [0.29, 0.717) is 35.4 Å². The number of hydrogen-bond donors (Lipinski definition) is 1. The van der Waals surface area contributed by atoms with E-state index >= 15 is 0 Å². The van der Waals surface area contributed by atoms with Gasteiger partial charge in [-0.3, -0.25) is 4.68 Å². The fourth-order valence-corrected chi connectivity index (χ4v) is 3.60. The van der Waals surface area contributed by atoms with Gasteiger partial charge in [0.2, 0.25) is 10.0 Å². The Morgan fingerprint density at radius 1 is 1.35 bits per heavy atom. The van der Waals surface area contributed by atoms with Gasteiger partial charge in [0.1, 0.15) is 4.90 Å². The number of aromatic nitrogens is 2. The van der Waals surface area contributed by atoms with E-state index in [1.807, 2.05) is 13.8 Å². The van der Waals surface area contributed by atoms with Gasteiger partial charge in [-0.15, -0.1) is 0 Å². The first-order valence-corrected chi connectivity index (χ1v) is 8.39. The molecular weight excluding hydrogens is 276 g/mol. The molecular formula is C13H26N4O2S. The number of rotatable bonds is 7. The Bertz CT molecular complexity index is 549. The van der Waals surface area contributed by atoms with Crippen molar-refractivity contribution >= 4 is 10.0 Å². The zero-order valence-corrected chi connectivity index (χ0v) is 14.1.